The van der Waals surface area contributed by atoms with E-state index in [0.717, 1.165) is 37.7 Å². The fourth-order valence-electron chi connectivity index (χ4n) is 3.35. The lowest BCUT2D eigenvalue weighted by Gasteiger charge is -2.29. The van der Waals surface area contributed by atoms with Gasteiger partial charge in [-0.25, -0.2) is 5.43 Å². The van der Waals surface area contributed by atoms with E-state index in [1.807, 2.05) is 12.1 Å². The molecule has 0 unspecified atom stereocenters. The van der Waals surface area contributed by atoms with E-state index in [9.17, 15) is 14.7 Å². The quantitative estimate of drug-likeness (QED) is 0.366. The molecule has 152 valence electrons. The number of hydrogen-bond acceptors (Lipinski definition) is 4. The number of hydrazone groups is 1. The maximum absolute atomic E-state index is 12.1. The number of quaternary nitrogens is 2. The van der Waals surface area contributed by atoms with Gasteiger partial charge in [0.1, 0.15) is 32.7 Å². The molecule has 1 heterocycles. The van der Waals surface area contributed by atoms with Gasteiger partial charge >= 0.3 is 0 Å². The average Bonchev–Trinajstić information content (AvgIpc) is 2.71. The minimum Gasteiger partial charge on any atom is -0.545 e. The summed E-state index contributed by atoms with van der Waals surface area (Å²) in [5.41, 5.74) is 4.60. The number of amides is 1. The van der Waals surface area contributed by atoms with Crippen LogP contribution in [0.2, 0.25) is 5.02 Å². The SMILES string of the molecule is O=C(C[NH+]1CC[NH+](Cc2ccc(Cl)cc2)CC1)N/N=C\c1ccc(C(=O)[O-])cc1. The minimum atomic E-state index is -1.22. The zero-order chi connectivity index (χ0) is 20.6. The summed E-state index contributed by atoms with van der Waals surface area (Å²) in [4.78, 5) is 25.6. The number of carboxylic acids is 1. The van der Waals surface area contributed by atoms with Gasteiger partial charge in [0, 0.05) is 10.6 Å². The van der Waals surface area contributed by atoms with Crippen LogP contribution in [-0.4, -0.2) is 50.8 Å². The van der Waals surface area contributed by atoms with Crippen LogP contribution in [0.1, 0.15) is 21.5 Å². The number of benzene rings is 2. The number of carbonyl (C=O) groups is 2. The van der Waals surface area contributed by atoms with Gasteiger partial charge in [0.25, 0.3) is 5.91 Å². The zero-order valence-electron chi connectivity index (χ0n) is 16.0. The molecule has 1 aliphatic rings. The second-order valence-electron chi connectivity index (χ2n) is 7.18. The molecule has 0 saturated carbocycles. The standard InChI is InChI=1S/C21H23ClN4O3/c22-19-7-3-17(4-8-19)14-25-9-11-26(12-10-25)15-20(27)24-23-13-16-1-5-18(6-2-16)21(28)29/h1-8,13H,9-12,14-15H2,(H,24,27)(H,28,29)/p+1/b23-13-. The molecule has 29 heavy (non-hydrogen) atoms. The topological polar surface area (TPSA) is 90.5 Å². The summed E-state index contributed by atoms with van der Waals surface area (Å²) in [6.45, 7) is 5.25. The lowest BCUT2D eigenvalue weighted by atomic mass is 10.1. The van der Waals surface area contributed by atoms with Crippen molar-refractivity contribution in [2.45, 2.75) is 6.54 Å². The number of piperazine rings is 1. The number of carbonyl (C=O) groups excluding carboxylic acids is 2. The van der Waals surface area contributed by atoms with E-state index in [2.05, 4.69) is 22.7 Å². The number of nitrogens with zero attached hydrogens (tertiary/aromatic N) is 1. The largest absolute Gasteiger partial charge is 0.545 e. The van der Waals surface area contributed by atoms with Gasteiger partial charge in [-0.15, -0.1) is 0 Å². The summed E-state index contributed by atoms with van der Waals surface area (Å²) in [5, 5.41) is 15.4. The van der Waals surface area contributed by atoms with Crippen molar-refractivity contribution in [3.8, 4) is 0 Å². The van der Waals surface area contributed by atoms with Crippen molar-refractivity contribution in [2.24, 2.45) is 5.10 Å². The van der Waals surface area contributed by atoms with E-state index >= 15 is 0 Å². The fourth-order valence-corrected chi connectivity index (χ4v) is 3.48. The third-order valence-electron chi connectivity index (χ3n) is 4.99. The van der Waals surface area contributed by atoms with Gasteiger partial charge in [-0.1, -0.05) is 48.0 Å². The Morgan fingerprint density at radius 3 is 2.24 bits per heavy atom. The minimum absolute atomic E-state index is 0.104. The van der Waals surface area contributed by atoms with Crippen molar-refractivity contribution >= 4 is 29.7 Å². The van der Waals surface area contributed by atoms with E-state index in [-0.39, 0.29) is 11.5 Å². The maximum Gasteiger partial charge on any atom is 0.295 e. The lowest BCUT2D eigenvalue weighted by molar-refractivity contribution is -1.02. The molecular weight excluding hydrogens is 392 g/mol. The van der Waals surface area contributed by atoms with Crippen LogP contribution in [0, 0.1) is 0 Å². The number of halogens is 1. The van der Waals surface area contributed by atoms with Gasteiger partial charge in [0.05, 0.1) is 12.2 Å². The first-order valence-corrected chi connectivity index (χ1v) is 9.92. The Hall–Kier alpha value is -2.74. The highest BCUT2D eigenvalue weighted by Gasteiger charge is 2.24. The number of hydrogen-bond donors (Lipinski definition) is 3. The van der Waals surface area contributed by atoms with Gasteiger partial charge in [0.2, 0.25) is 0 Å². The van der Waals surface area contributed by atoms with Gasteiger partial charge in [-0.05, 0) is 23.3 Å². The molecule has 0 aliphatic carbocycles. The molecule has 0 bridgehead atoms. The summed E-state index contributed by atoms with van der Waals surface area (Å²) in [5.74, 6) is -1.36. The predicted octanol–water partition coefficient (Wildman–Crippen LogP) is -1.86. The maximum atomic E-state index is 12.1. The van der Waals surface area contributed by atoms with Crippen molar-refractivity contribution in [2.75, 3.05) is 32.7 Å². The Morgan fingerprint density at radius 2 is 1.62 bits per heavy atom. The normalized spacial score (nSPS) is 19.2. The van der Waals surface area contributed by atoms with Gasteiger partial charge in [-0.3, -0.25) is 4.79 Å². The number of nitrogens with one attached hydrogen (secondary N) is 3. The average molecular weight is 416 g/mol. The smallest absolute Gasteiger partial charge is 0.295 e. The van der Waals surface area contributed by atoms with Gasteiger partial charge < -0.3 is 19.7 Å². The Balaban J connectivity index is 1.38. The molecule has 1 amide bonds. The van der Waals surface area contributed by atoms with E-state index in [0.29, 0.717) is 12.1 Å². The zero-order valence-corrected chi connectivity index (χ0v) is 16.7. The van der Waals surface area contributed by atoms with Gasteiger partial charge in [0.15, 0.2) is 6.54 Å². The first kappa shape index (κ1) is 21.0. The van der Waals surface area contributed by atoms with Crippen LogP contribution in [0.4, 0.5) is 0 Å². The molecule has 3 N–H and O–H groups in total. The highest BCUT2D eigenvalue weighted by molar-refractivity contribution is 6.30. The molecule has 3 rings (SSSR count). The van der Waals surface area contributed by atoms with E-state index in [1.165, 1.54) is 33.7 Å². The molecule has 0 radical (unpaired) electrons. The molecule has 2 aromatic rings. The first-order valence-electron chi connectivity index (χ1n) is 9.54. The van der Waals surface area contributed by atoms with Crippen molar-refractivity contribution < 1.29 is 24.5 Å². The molecular formula is C21H24ClN4O3+. The molecule has 0 aromatic heterocycles. The van der Waals surface area contributed by atoms with Crippen molar-refractivity contribution in [1.82, 2.24) is 5.43 Å². The summed E-state index contributed by atoms with van der Waals surface area (Å²) in [7, 11) is 0. The van der Waals surface area contributed by atoms with Crippen LogP contribution in [0.5, 0.6) is 0 Å². The molecule has 0 spiro atoms. The Kier molecular flexibility index (Phi) is 7.35. The molecule has 1 fully saturated rings. The Bertz CT molecular complexity index is 860. The van der Waals surface area contributed by atoms with Crippen molar-refractivity contribution in [1.29, 1.82) is 0 Å². The third-order valence-corrected chi connectivity index (χ3v) is 5.24. The van der Waals surface area contributed by atoms with E-state index in [1.54, 1.807) is 12.1 Å². The lowest BCUT2D eigenvalue weighted by Crippen LogP contribution is -3.28. The monoisotopic (exact) mass is 415 g/mol. The summed E-state index contributed by atoms with van der Waals surface area (Å²) >= 11 is 5.93. The molecule has 1 saturated heterocycles. The van der Waals surface area contributed by atoms with Crippen molar-refractivity contribution in [3.05, 3.63) is 70.2 Å². The van der Waals surface area contributed by atoms with Crippen molar-refractivity contribution in [3.63, 3.8) is 0 Å². The Labute approximate surface area is 174 Å². The second kappa shape index (κ2) is 10.2. The van der Waals surface area contributed by atoms with Gasteiger partial charge in [-0.2, -0.15) is 5.10 Å². The Morgan fingerprint density at radius 1 is 1.00 bits per heavy atom. The number of rotatable bonds is 7. The van der Waals surface area contributed by atoms with Crippen LogP contribution >= 0.6 is 11.6 Å². The summed E-state index contributed by atoms with van der Waals surface area (Å²) in [6, 6.07) is 14.0. The van der Waals surface area contributed by atoms with Crippen LogP contribution < -0.4 is 20.3 Å². The van der Waals surface area contributed by atoms with Crippen LogP contribution in [0.25, 0.3) is 0 Å². The molecule has 2 aromatic carbocycles. The second-order valence-corrected chi connectivity index (χ2v) is 7.62. The molecule has 0 atom stereocenters. The highest BCUT2D eigenvalue weighted by atomic mass is 35.5. The third kappa shape index (κ3) is 6.67. The molecule has 7 nitrogen and oxygen atoms in total. The van der Waals surface area contributed by atoms with E-state index < -0.39 is 5.97 Å². The van der Waals surface area contributed by atoms with Crippen LogP contribution in [0.3, 0.4) is 0 Å². The van der Waals surface area contributed by atoms with Crippen LogP contribution in [-0.2, 0) is 11.3 Å². The molecule has 8 heteroatoms. The first-order chi connectivity index (χ1) is 14.0. The number of aromatic carboxylic acids is 1. The van der Waals surface area contributed by atoms with E-state index in [4.69, 9.17) is 11.6 Å². The number of carboxylic acid groups (broad SMARTS) is 1. The highest BCUT2D eigenvalue weighted by Crippen LogP contribution is 2.08. The van der Waals surface area contributed by atoms with Crippen LogP contribution in [0.15, 0.2) is 53.6 Å². The summed E-state index contributed by atoms with van der Waals surface area (Å²) < 4.78 is 0. The summed E-state index contributed by atoms with van der Waals surface area (Å²) in [6.07, 6.45) is 1.49. The molecule has 1 aliphatic heterocycles. The predicted molar refractivity (Wildman–Crippen MR) is 108 cm³/mol. The fraction of sp³-hybridized carbons (Fsp3) is 0.286.